The minimum absolute atomic E-state index is 0.0665. The van der Waals surface area contributed by atoms with E-state index in [9.17, 15) is 73.5 Å². The summed E-state index contributed by atoms with van der Waals surface area (Å²) in [5, 5.41) is 74.0. The number of carbonyl (C=O) groups excluding carboxylic acids is 7. The van der Waals surface area contributed by atoms with Gasteiger partial charge in [0.25, 0.3) is 0 Å². The van der Waals surface area contributed by atoms with Gasteiger partial charge in [0.2, 0.25) is 41.4 Å². The van der Waals surface area contributed by atoms with Crippen LogP contribution in [-0.2, 0) is 47.9 Å². The molecule has 24 nitrogen and oxygen atoms in total. The Morgan fingerprint density at radius 1 is 0.475 bits per heavy atom. The molecule has 24 heteroatoms. The highest BCUT2D eigenvalue weighted by Crippen LogP contribution is 2.11. The van der Waals surface area contributed by atoms with Crippen LogP contribution < -0.4 is 43.0 Å². The first kappa shape index (κ1) is 55.5. The van der Waals surface area contributed by atoms with Crippen molar-refractivity contribution in [2.45, 2.75) is 148 Å². The number of carbonyl (C=O) groups is 10. The standard InChI is InChI=1S/C37H64N8O16/c1-15(2)11-22(40-30(53)20(38)14-46)31(54)44-28(18(7)47)35(58)41-23(12-16(3)4)32(55)45-29(19(8)48)36(59)42-24(13-26(51)52)33(56)43-27(17(5)6)34(57)39-21(37(60)61)9-10-25(49)50/h15-24,27-29,46-48H,9-14,38H2,1-8H3,(H,39,57)(H,40,53)(H,41,58)(H,42,59)(H,43,56)(H,44,54)(H,45,55)(H,49,50)(H,51,52)(H,60,61)/t18-,19-,20+,21+,22+,23+,24+,27+,28+,29+/m1/s1. The van der Waals surface area contributed by atoms with E-state index in [0.717, 1.165) is 6.92 Å². The van der Waals surface area contributed by atoms with Crippen LogP contribution in [0.4, 0.5) is 0 Å². The molecule has 0 rings (SSSR count). The molecule has 0 aliphatic rings. The second-order valence-corrected chi connectivity index (χ2v) is 15.8. The van der Waals surface area contributed by atoms with Gasteiger partial charge in [-0.2, -0.15) is 0 Å². The fourth-order valence-electron chi connectivity index (χ4n) is 5.57. The lowest BCUT2D eigenvalue weighted by Crippen LogP contribution is -2.63. The number of aliphatic hydroxyl groups excluding tert-OH is 3. The normalized spacial score (nSPS) is 16.2. The monoisotopic (exact) mass is 876 g/mol. The summed E-state index contributed by atoms with van der Waals surface area (Å²) in [5.74, 6) is -13.2. The second-order valence-electron chi connectivity index (χ2n) is 15.8. The molecular weight excluding hydrogens is 812 g/mol. The SMILES string of the molecule is CC(C)C[C@H](NC(=O)[C@@H](NC(=O)[C@H](CC(C)C)NC(=O)[C@@H](N)CO)[C@@H](C)O)C(=O)N[C@H](C(=O)N[C@@H](CC(=O)O)C(=O)N[C@H](C(=O)N[C@@H](CCC(=O)O)C(=O)O)C(C)C)[C@@H](C)O. The topological polar surface area (TPSA) is 402 Å². The van der Waals surface area contributed by atoms with Crippen molar-refractivity contribution in [2.24, 2.45) is 23.5 Å². The maximum absolute atomic E-state index is 13.7. The lowest BCUT2D eigenvalue weighted by molar-refractivity contribution is -0.144. The first-order chi connectivity index (χ1) is 28.1. The molecule has 0 saturated heterocycles. The van der Waals surface area contributed by atoms with Gasteiger partial charge in [-0.3, -0.25) is 43.2 Å². The van der Waals surface area contributed by atoms with Gasteiger partial charge in [0.1, 0.15) is 48.3 Å². The van der Waals surface area contributed by atoms with Gasteiger partial charge >= 0.3 is 17.9 Å². The average molecular weight is 877 g/mol. The Morgan fingerprint density at radius 2 is 0.836 bits per heavy atom. The van der Waals surface area contributed by atoms with Gasteiger partial charge in [-0.25, -0.2) is 4.79 Å². The zero-order valence-electron chi connectivity index (χ0n) is 35.6. The molecule has 61 heavy (non-hydrogen) atoms. The molecule has 0 radical (unpaired) electrons. The highest BCUT2D eigenvalue weighted by Gasteiger charge is 2.37. The molecule has 0 spiro atoms. The van der Waals surface area contributed by atoms with Gasteiger partial charge in [-0.1, -0.05) is 41.5 Å². The molecular formula is C37H64N8O16. The van der Waals surface area contributed by atoms with Crippen LogP contribution in [0.1, 0.15) is 87.5 Å². The van der Waals surface area contributed by atoms with E-state index in [2.05, 4.69) is 37.2 Å². The van der Waals surface area contributed by atoms with Crippen molar-refractivity contribution in [1.29, 1.82) is 0 Å². The summed E-state index contributed by atoms with van der Waals surface area (Å²) >= 11 is 0. The van der Waals surface area contributed by atoms with Crippen molar-refractivity contribution in [3.63, 3.8) is 0 Å². The summed E-state index contributed by atoms with van der Waals surface area (Å²) in [4.78, 5) is 127. The molecule has 0 aromatic rings. The van der Waals surface area contributed by atoms with E-state index in [4.69, 9.17) is 10.8 Å². The van der Waals surface area contributed by atoms with Crippen LogP contribution in [-0.4, -0.2) is 157 Å². The Hall–Kier alpha value is -5.46. The summed E-state index contributed by atoms with van der Waals surface area (Å²) < 4.78 is 0. The lowest BCUT2D eigenvalue weighted by atomic mass is 10.00. The molecule has 0 aliphatic carbocycles. The summed E-state index contributed by atoms with van der Waals surface area (Å²) in [7, 11) is 0. The first-order valence-electron chi connectivity index (χ1n) is 19.6. The average Bonchev–Trinajstić information content (AvgIpc) is 3.13. The third-order valence-electron chi connectivity index (χ3n) is 8.86. The highest BCUT2D eigenvalue weighted by atomic mass is 16.4. The van der Waals surface area contributed by atoms with Crippen molar-refractivity contribution in [3.8, 4) is 0 Å². The Kier molecular flexibility index (Phi) is 24.3. The highest BCUT2D eigenvalue weighted by molar-refractivity contribution is 5.98. The smallest absolute Gasteiger partial charge is 0.326 e. The quantitative estimate of drug-likeness (QED) is 0.0353. The van der Waals surface area contributed by atoms with Crippen molar-refractivity contribution in [2.75, 3.05) is 6.61 Å². The largest absolute Gasteiger partial charge is 0.481 e. The number of rotatable bonds is 28. The minimum Gasteiger partial charge on any atom is -0.481 e. The molecule has 0 unspecified atom stereocenters. The van der Waals surface area contributed by atoms with Crippen molar-refractivity contribution in [3.05, 3.63) is 0 Å². The maximum atomic E-state index is 13.7. The van der Waals surface area contributed by atoms with Crippen LogP contribution in [0.5, 0.6) is 0 Å². The fourth-order valence-corrected chi connectivity index (χ4v) is 5.57. The number of nitrogens with two attached hydrogens (primary N) is 1. The van der Waals surface area contributed by atoms with Gasteiger partial charge in [-0.05, 0) is 50.9 Å². The molecule has 348 valence electrons. The number of carboxylic acid groups (broad SMARTS) is 3. The number of nitrogens with one attached hydrogen (secondary N) is 7. The van der Waals surface area contributed by atoms with Crippen LogP contribution >= 0.6 is 0 Å². The number of amides is 7. The maximum Gasteiger partial charge on any atom is 0.326 e. The lowest BCUT2D eigenvalue weighted by Gasteiger charge is -2.30. The summed E-state index contributed by atoms with van der Waals surface area (Å²) in [6, 6.07) is -12.8. The van der Waals surface area contributed by atoms with E-state index in [1.807, 2.05) is 0 Å². The molecule has 10 atom stereocenters. The second kappa shape index (κ2) is 26.7. The molecule has 0 fully saturated rings. The predicted molar refractivity (Wildman–Crippen MR) is 212 cm³/mol. The Bertz CT molecular complexity index is 1560. The van der Waals surface area contributed by atoms with E-state index in [1.54, 1.807) is 27.7 Å². The van der Waals surface area contributed by atoms with Crippen LogP contribution in [0.2, 0.25) is 0 Å². The fraction of sp³-hybridized carbons (Fsp3) is 0.730. The third-order valence-corrected chi connectivity index (χ3v) is 8.86. The van der Waals surface area contributed by atoms with Crippen molar-refractivity contribution < 1.29 is 78.6 Å². The van der Waals surface area contributed by atoms with Gasteiger partial charge in [-0.15, -0.1) is 0 Å². The zero-order valence-corrected chi connectivity index (χ0v) is 35.6. The van der Waals surface area contributed by atoms with Crippen LogP contribution in [0.25, 0.3) is 0 Å². The van der Waals surface area contributed by atoms with Crippen molar-refractivity contribution >= 4 is 59.3 Å². The third kappa shape index (κ3) is 20.6. The van der Waals surface area contributed by atoms with Crippen molar-refractivity contribution in [1.82, 2.24) is 37.2 Å². The summed E-state index contributed by atoms with van der Waals surface area (Å²) in [6.07, 6.45) is -5.49. The Labute approximate surface area is 352 Å². The van der Waals surface area contributed by atoms with Crippen LogP contribution in [0.15, 0.2) is 0 Å². The zero-order chi connectivity index (χ0) is 47.5. The molecule has 0 heterocycles. The van der Waals surface area contributed by atoms with Crippen LogP contribution in [0, 0.1) is 17.8 Å². The van der Waals surface area contributed by atoms with E-state index in [0.29, 0.717) is 0 Å². The molecule has 15 N–H and O–H groups in total. The number of aliphatic hydroxyl groups is 3. The molecule has 7 amide bonds. The van der Waals surface area contributed by atoms with E-state index < -0.39 is 152 Å². The number of aliphatic carboxylic acids is 3. The molecule has 0 aromatic carbocycles. The van der Waals surface area contributed by atoms with Crippen LogP contribution in [0.3, 0.4) is 0 Å². The first-order valence-corrected chi connectivity index (χ1v) is 19.6. The number of carboxylic acids is 3. The number of hydrogen-bond donors (Lipinski definition) is 14. The van der Waals surface area contributed by atoms with Gasteiger partial charge < -0.3 is 73.6 Å². The number of hydrogen-bond acceptors (Lipinski definition) is 14. The van der Waals surface area contributed by atoms with E-state index >= 15 is 0 Å². The predicted octanol–water partition coefficient (Wildman–Crippen LogP) is -4.37. The Morgan fingerprint density at radius 3 is 1.18 bits per heavy atom. The minimum atomic E-state index is -1.94. The molecule has 0 aromatic heterocycles. The molecule has 0 bridgehead atoms. The summed E-state index contributed by atoms with van der Waals surface area (Å²) in [5.41, 5.74) is 5.56. The summed E-state index contributed by atoms with van der Waals surface area (Å²) in [6.45, 7) is 11.3. The van der Waals surface area contributed by atoms with E-state index in [-0.39, 0.29) is 24.7 Å². The van der Waals surface area contributed by atoms with E-state index in [1.165, 1.54) is 20.8 Å². The van der Waals surface area contributed by atoms with Gasteiger partial charge in [0.05, 0.1) is 25.2 Å². The molecule has 0 aliphatic heterocycles. The van der Waals surface area contributed by atoms with Gasteiger partial charge in [0, 0.05) is 6.42 Å². The van der Waals surface area contributed by atoms with Gasteiger partial charge in [0.15, 0.2) is 0 Å². The Balaban J connectivity index is 6.32. The molecule has 0 saturated carbocycles.